The summed E-state index contributed by atoms with van der Waals surface area (Å²) in [6.07, 6.45) is 2.57. The number of furan rings is 1. The van der Waals surface area contributed by atoms with Gasteiger partial charge < -0.3 is 19.6 Å². The zero-order chi connectivity index (χ0) is 17.8. The summed E-state index contributed by atoms with van der Waals surface area (Å²) in [5.74, 6) is 1.31. The number of nitrogens with zero attached hydrogens (tertiary/aromatic N) is 1. The Morgan fingerprint density at radius 1 is 1.44 bits per heavy atom. The van der Waals surface area contributed by atoms with Crippen LogP contribution in [0.1, 0.15) is 28.1 Å². The summed E-state index contributed by atoms with van der Waals surface area (Å²) in [4.78, 5) is 14.4. The number of rotatable bonds is 6. The van der Waals surface area contributed by atoms with E-state index < -0.39 is 0 Å². The van der Waals surface area contributed by atoms with Crippen LogP contribution in [-0.2, 0) is 6.54 Å². The number of nitrogens with one attached hydrogen (secondary N) is 1. The first-order valence-electron chi connectivity index (χ1n) is 8.47. The molecule has 1 aromatic carbocycles. The third-order valence-electron chi connectivity index (χ3n) is 4.64. The lowest BCUT2D eigenvalue weighted by Crippen LogP contribution is -2.31. The van der Waals surface area contributed by atoms with Gasteiger partial charge in [-0.3, -0.25) is 9.69 Å². The van der Waals surface area contributed by atoms with Gasteiger partial charge in [0, 0.05) is 25.2 Å². The van der Waals surface area contributed by atoms with Crippen LogP contribution < -0.4 is 10.1 Å². The van der Waals surface area contributed by atoms with E-state index >= 15 is 0 Å². The fraction of sp³-hybridized carbons (Fsp3) is 0.421. The molecule has 6 heteroatoms. The Bertz CT molecular complexity index is 741. The van der Waals surface area contributed by atoms with E-state index in [9.17, 15) is 9.90 Å². The fourth-order valence-electron chi connectivity index (χ4n) is 3.24. The number of benzene rings is 1. The van der Waals surface area contributed by atoms with Crippen molar-refractivity contribution in [2.45, 2.75) is 19.9 Å². The zero-order valence-electron chi connectivity index (χ0n) is 14.6. The number of likely N-dealkylation sites (tertiary alicyclic amines) is 1. The zero-order valence-corrected chi connectivity index (χ0v) is 14.6. The van der Waals surface area contributed by atoms with Crippen molar-refractivity contribution in [3.05, 3.63) is 47.4 Å². The molecule has 2 heterocycles. The van der Waals surface area contributed by atoms with Crippen LogP contribution in [0, 0.1) is 12.8 Å². The van der Waals surface area contributed by atoms with Crippen molar-refractivity contribution in [1.82, 2.24) is 10.2 Å². The van der Waals surface area contributed by atoms with Crippen LogP contribution in [0.2, 0.25) is 0 Å². The van der Waals surface area contributed by atoms with E-state index in [0.717, 1.165) is 37.2 Å². The number of methoxy groups -OCH3 is 1. The maximum Gasteiger partial charge on any atom is 0.287 e. The van der Waals surface area contributed by atoms with Gasteiger partial charge in [0.15, 0.2) is 17.3 Å². The number of phenolic OH excluding ortho intramolecular Hbond substituents is 1. The molecule has 1 unspecified atom stereocenters. The van der Waals surface area contributed by atoms with Gasteiger partial charge in [-0.1, -0.05) is 6.07 Å². The predicted molar refractivity (Wildman–Crippen MR) is 93.8 cm³/mol. The number of carbonyl (C=O) groups excluding carboxylic acids is 1. The van der Waals surface area contributed by atoms with Crippen molar-refractivity contribution >= 4 is 5.91 Å². The van der Waals surface area contributed by atoms with Crippen LogP contribution in [0.4, 0.5) is 0 Å². The predicted octanol–water partition coefficient (Wildman–Crippen LogP) is 2.55. The normalized spacial score (nSPS) is 17.6. The number of hydrogen-bond acceptors (Lipinski definition) is 5. The Morgan fingerprint density at radius 3 is 2.96 bits per heavy atom. The first-order chi connectivity index (χ1) is 12.1. The molecule has 3 rings (SSSR count). The molecule has 1 aliphatic rings. The van der Waals surface area contributed by atoms with E-state index in [1.54, 1.807) is 18.2 Å². The highest BCUT2D eigenvalue weighted by Crippen LogP contribution is 2.27. The Morgan fingerprint density at radius 2 is 2.28 bits per heavy atom. The summed E-state index contributed by atoms with van der Waals surface area (Å²) in [5.41, 5.74) is 1.90. The van der Waals surface area contributed by atoms with Gasteiger partial charge in [0.25, 0.3) is 5.91 Å². The molecule has 0 bridgehead atoms. The van der Waals surface area contributed by atoms with Crippen molar-refractivity contribution in [2.75, 3.05) is 26.7 Å². The van der Waals surface area contributed by atoms with Crippen LogP contribution in [0.25, 0.3) is 0 Å². The topological polar surface area (TPSA) is 74.9 Å². The second-order valence-corrected chi connectivity index (χ2v) is 6.54. The van der Waals surface area contributed by atoms with E-state index in [1.165, 1.54) is 13.4 Å². The van der Waals surface area contributed by atoms with E-state index in [1.807, 2.05) is 13.0 Å². The fourth-order valence-corrected chi connectivity index (χ4v) is 3.24. The van der Waals surface area contributed by atoms with Crippen LogP contribution >= 0.6 is 0 Å². The van der Waals surface area contributed by atoms with E-state index in [-0.39, 0.29) is 11.7 Å². The molecule has 0 aliphatic carbocycles. The first kappa shape index (κ1) is 17.4. The molecule has 6 nitrogen and oxygen atoms in total. The minimum atomic E-state index is -0.152. The molecular formula is C19H24N2O4. The number of amides is 1. The molecule has 1 aliphatic heterocycles. The molecule has 1 fully saturated rings. The van der Waals surface area contributed by atoms with Gasteiger partial charge >= 0.3 is 0 Å². The Hall–Kier alpha value is -2.47. The first-order valence-corrected chi connectivity index (χ1v) is 8.47. The SMILES string of the molecule is COc1ccc(CN2CCC(CNC(=O)c3occc3C)C2)cc1O. The molecule has 1 saturated heterocycles. The van der Waals surface area contributed by atoms with Gasteiger partial charge in [-0.25, -0.2) is 0 Å². The molecule has 0 spiro atoms. The summed E-state index contributed by atoms with van der Waals surface area (Å²) < 4.78 is 10.3. The molecule has 25 heavy (non-hydrogen) atoms. The summed E-state index contributed by atoms with van der Waals surface area (Å²) in [6.45, 7) is 5.18. The highest BCUT2D eigenvalue weighted by molar-refractivity contribution is 5.92. The molecule has 134 valence electrons. The minimum Gasteiger partial charge on any atom is -0.504 e. The van der Waals surface area contributed by atoms with Gasteiger partial charge in [-0.15, -0.1) is 0 Å². The molecule has 0 saturated carbocycles. The monoisotopic (exact) mass is 344 g/mol. The summed E-state index contributed by atoms with van der Waals surface area (Å²) in [5, 5.41) is 12.8. The lowest BCUT2D eigenvalue weighted by molar-refractivity contribution is 0.0918. The summed E-state index contributed by atoms with van der Waals surface area (Å²) >= 11 is 0. The Kier molecular flexibility index (Phi) is 5.28. The third-order valence-corrected chi connectivity index (χ3v) is 4.64. The van der Waals surface area contributed by atoms with E-state index in [0.29, 0.717) is 24.0 Å². The molecule has 0 radical (unpaired) electrons. The molecular weight excluding hydrogens is 320 g/mol. The molecule has 1 aromatic heterocycles. The highest BCUT2D eigenvalue weighted by atomic mass is 16.5. The second kappa shape index (κ2) is 7.61. The highest BCUT2D eigenvalue weighted by Gasteiger charge is 2.24. The number of aromatic hydroxyl groups is 1. The van der Waals surface area contributed by atoms with Crippen molar-refractivity contribution in [1.29, 1.82) is 0 Å². The number of hydrogen-bond donors (Lipinski definition) is 2. The lowest BCUT2D eigenvalue weighted by atomic mass is 10.1. The number of phenols is 1. The Labute approximate surface area is 147 Å². The standard InChI is InChI=1S/C19H24N2O4/c1-13-6-8-25-18(13)19(23)20-10-15-5-7-21(12-15)11-14-3-4-17(24-2)16(22)9-14/h3-4,6,8-9,15,22H,5,7,10-12H2,1-2H3,(H,20,23). The van der Waals surface area contributed by atoms with E-state index in [2.05, 4.69) is 10.2 Å². The molecule has 2 aromatic rings. The Balaban J connectivity index is 1.48. The quantitative estimate of drug-likeness (QED) is 0.842. The van der Waals surface area contributed by atoms with Gasteiger partial charge in [-0.2, -0.15) is 0 Å². The third kappa shape index (κ3) is 4.14. The van der Waals surface area contributed by atoms with Crippen molar-refractivity contribution in [2.24, 2.45) is 5.92 Å². The molecule has 2 N–H and O–H groups in total. The smallest absolute Gasteiger partial charge is 0.287 e. The van der Waals surface area contributed by atoms with E-state index in [4.69, 9.17) is 9.15 Å². The maximum absolute atomic E-state index is 12.1. The van der Waals surface area contributed by atoms with Crippen LogP contribution in [0.15, 0.2) is 34.9 Å². The average Bonchev–Trinajstić information content (AvgIpc) is 3.22. The van der Waals surface area contributed by atoms with Crippen molar-refractivity contribution in [3.8, 4) is 11.5 Å². The molecule has 1 atom stereocenters. The van der Waals surface area contributed by atoms with Gasteiger partial charge in [0.1, 0.15) is 0 Å². The molecule has 1 amide bonds. The van der Waals surface area contributed by atoms with Crippen molar-refractivity contribution < 1.29 is 19.1 Å². The van der Waals surface area contributed by atoms with Gasteiger partial charge in [-0.05, 0) is 49.6 Å². The maximum atomic E-state index is 12.1. The van der Waals surface area contributed by atoms with Crippen molar-refractivity contribution in [3.63, 3.8) is 0 Å². The number of aryl methyl sites for hydroxylation is 1. The van der Waals surface area contributed by atoms with Gasteiger partial charge in [0.2, 0.25) is 0 Å². The van der Waals surface area contributed by atoms with Gasteiger partial charge in [0.05, 0.1) is 13.4 Å². The van der Waals surface area contributed by atoms with Crippen LogP contribution in [0.5, 0.6) is 11.5 Å². The lowest BCUT2D eigenvalue weighted by Gasteiger charge is -2.17. The minimum absolute atomic E-state index is 0.152. The number of ether oxygens (including phenoxy) is 1. The second-order valence-electron chi connectivity index (χ2n) is 6.54. The summed E-state index contributed by atoms with van der Waals surface area (Å²) in [7, 11) is 1.54. The van der Waals surface area contributed by atoms with Crippen LogP contribution in [-0.4, -0.2) is 42.7 Å². The summed E-state index contributed by atoms with van der Waals surface area (Å²) in [6, 6.07) is 7.28. The number of carbonyl (C=O) groups is 1. The van der Waals surface area contributed by atoms with Crippen LogP contribution in [0.3, 0.4) is 0 Å². The average molecular weight is 344 g/mol. The largest absolute Gasteiger partial charge is 0.504 e.